The van der Waals surface area contributed by atoms with E-state index in [2.05, 4.69) is 35.5 Å². The molecule has 0 aliphatic rings. The second-order valence-electron chi connectivity index (χ2n) is 6.46. The Morgan fingerprint density at radius 2 is 1.93 bits per heavy atom. The Morgan fingerprint density at radius 3 is 2.63 bits per heavy atom. The fourth-order valence-corrected chi connectivity index (χ4v) is 2.81. The number of halogens is 3. The van der Waals surface area contributed by atoms with Crippen molar-refractivity contribution in [3.63, 3.8) is 0 Å². The van der Waals surface area contributed by atoms with Crippen LogP contribution in [-0.2, 0) is 6.18 Å². The Hall–Kier alpha value is -3.97. The SMILES string of the molecule is Cc1nc(C(=O)NC(C)c2ccc3[nH]c(=O)[nH]c3c2)nn1-c1n[nH]c(C(F)(F)F)n1. The number of benzene rings is 1. The molecule has 0 saturated heterocycles. The molecule has 156 valence electrons. The number of imidazole rings is 1. The molecule has 0 bridgehead atoms. The van der Waals surface area contributed by atoms with Gasteiger partial charge in [0.1, 0.15) is 5.82 Å². The van der Waals surface area contributed by atoms with Gasteiger partial charge in [0.05, 0.1) is 17.1 Å². The zero-order chi connectivity index (χ0) is 21.6. The average molecular weight is 421 g/mol. The summed E-state index contributed by atoms with van der Waals surface area (Å²) >= 11 is 0. The minimum absolute atomic E-state index is 0.131. The molecule has 0 aliphatic heterocycles. The van der Waals surface area contributed by atoms with Crippen molar-refractivity contribution in [2.45, 2.75) is 26.1 Å². The number of H-pyrrole nitrogens is 3. The fraction of sp³-hybridized carbons (Fsp3) is 0.250. The van der Waals surface area contributed by atoms with Gasteiger partial charge in [-0.2, -0.15) is 22.8 Å². The molecular weight excluding hydrogens is 407 g/mol. The Bertz CT molecular complexity index is 1300. The van der Waals surface area contributed by atoms with E-state index in [-0.39, 0.29) is 23.3 Å². The first kappa shape index (κ1) is 19.4. The molecule has 0 saturated carbocycles. The van der Waals surface area contributed by atoms with E-state index in [1.165, 1.54) is 6.92 Å². The molecule has 0 aliphatic carbocycles. The van der Waals surface area contributed by atoms with Crippen molar-refractivity contribution in [2.24, 2.45) is 0 Å². The van der Waals surface area contributed by atoms with E-state index in [0.717, 1.165) is 4.68 Å². The molecule has 4 rings (SSSR count). The van der Waals surface area contributed by atoms with E-state index in [0.29, 0.717) is 16.6 Å². The van der Waals surface area contributed by atoms with Crippen LogP contribution in [0.15, 0.2) is 23.0 Å². The van der Waals surface area contributed by atoms with Gasteiger partial charge in [0, 0.05) is 0 Å². The third-order valence-corrected chi connectivity index (χ3v) is 4.29. The van der Waals surface area contributed by atoms with E-state index in [1.54, 1.807) is 30.2 Å². The number of aromatic nitrogens is 8. The summed E-state index contributed by atoms with van der Waals surface area (Å²) in [6.07, 6.45) is -4.69. The predicted octanol–water partition coefficient (Wildman–Crippen LogP) is 1.37. The summed E-state index contributed by atoms with van der Waals surface area (Å²) in [6.45, 7) is 3.17. The Kier molecular flexibility index (Phi) is 4.40. The molecule has 1 unspecified atom stereocenters. The smallest absolute Gasteiger partial charge is 0.343 e. The lowest BCUT2D eigenvalue weighted by molar-refractivity contribution is -0.144. The molecule has 4 aromatic rings. The lowest BCUT2D eigenvalue weighted by Gasteiger charge is -2.13. The number of aryl methyl sites for hydroxylation is 1. The second-order valence-corrected chi connectivity index (χ2v) is 6.46. The lowest BCUT2D eigenvalue weighted by atomic mass is 10.1. The van der Waals surface area contributed by atoms with Gasteiger partial charge in [0.15, 0.2) is 0 Å². The number of aromatic amines is 3. The highest BCUT2D eigenvalue weighted by molar-refractivity contribution is 5.90. The molecule has 3 aromatic heterocycles. The van der Waals surface area contributed by atoms with Gasteiger partial charge in [-0.15, -0.1) is 10.2 Å². The Balaban J connectivity index is 1.54. The van der Waals surface area contributed by atoms with Gasteiger partial charge in [-0.3, -0.25) is 9.89 Å². The maximum Gasteiger partial charge on any atom is 0.451 e. The zero-order valence-electron chi connectivity index (χ0n) is 15.5. The number of carbonyl (C=O) groups is 1. The molecule has 14 heteroatoms. The zero-order valence-corrected chi connectivity index (χ0v) is 15.5. The van der Waals surface area contributed by atoms with Crippen molar-refractivity contribution < 1.29 is 18.0 Å². The summed E-state index contributed by atoms with van der Waals surface area (Å²) in [5.74, 6) is -2.44. The highest BCUT2D eigenvalue weighted by Crippen LogP contribution is 2.26. The number of nitrogens with zero attached hydrogens (tertiary/aromatic N) is 5. The van der Waals surface area contributed by atoms with Crippen molar-refractivity contribution in [1.29, 1.82) is 0 Å². The molecule has 11 nitrogen and oxygen atoms in total. The molecule has 30 heavy (non-hydrogen) atoms. The first-order valence-corrected chi connectivity index (χ1v) is 8.58. The summed E-state index contributed by atoms with van der Waals surface area (Å²) in [5, 5.41) is 11.8. The first-order valence-electron chi connectivity index (χ1n) is 8.58. The predicted molar refractivity (Wildman–Crippen MR) is 95.8 cm³/mol. The lowest BCUT2D eigenvalue weighted by Crippen LogP contribution is -2.27. The van der Waals surface area contributed by atoms with Crippen molar-refractivity contribution in [3.8, 4) is 5.95 Å². The van der Waals surface area contributed by atoms with Crippen LogP contribution in [0.1, 0.15) is 40.8 Å². The summed E-state index contributed by atoms with van der Waals surface area (Å²) in [5.41, 5.74) is 1.58. The monoisotopic (exact) mass is 421 g/mol. The number of hydrogen-bond acceptors (Lipinski definition) is 6. The minimum atomic E-state index is -4.69. The highest BCUT2D eigenvalue weighted by atomic mass is 19.4. The van der Waals surface area contributed by atoms with E-state index in [4.69, 9.17) is 0 Å². The number of hydrogen-bond donors (Lipinski definition) is 4. The van der Waals surface area contributed by atoms with Gasteiger partial charge in [-0.05, 0) is 31.5 Å². The van der Waals surface area contributed by atoms with Crippen molar-refractivity contribution in [3.05, 3.63) is 51.7 Å². The van der Waals surface area contributed by atoms with Crippen LogP contribution in [-0.4, -0.2) is 45.8 Å². The van der Waals surface area contributed by atoms with Gasteiger partial charge in [-0.1, -0.05) is 6.07 Å². The molecule has 1 aromatic carbocycles. The normalized spacial score (nSPS) is 13.0. The van der Waals surface area contributed by atoms with Gasteiger partial charge in [-0.25, -0.2) is 9.78 Å². The van der Waals surface area contributed by atoms with E-state index in [1.807, 2.05) is 0 Å². The van der Waals surface area contributed by atoms with E-state index < -0.39 is 23.9 Å². The van der Waals surface area contributed by atoms with Gasteiger partial charge >= 0.3 is 11.9 Å². The van der Waals surface area contributed by atoms with E-state index in [9.17, 15) is 22.8 Å². The highest BCUT2D eigenvalue weighted by Gasteiger charge is 2.35. The van der Waals surface area contributed by atoms with Crippen LogP contribution >= 0.6 is 0 Å². The van der Waals surface area contributed by atoms with Gasteiger partial charge < -0.3 is 15.3 Å². The Labute approximate surface area is 164 Å². The number of fused-ring (bicyclic) bond motifs is 1. The van der Waals surface area contributed by atoms with Crippen molar-refractivity contribution >= 4 is 16.9 Å². The van der Waals surface area contributed by atoms with Crippen LogP contribution in [0.4, 0.5) is 13.2 Å². The van der Waals surface area contributed by atoms with Crippen LogP contribution in [0.25, 0.3) is 17.0 Å². The van der Waals surface area contributed by atoms with Gasteiger partial charge in [0.25, 0.3) is 11.9 Å². The molecule has 3 heterocycles. The molecule has 0 spiro atoms. The number of nitrogens with one attached hydrogen (secondary N) is 4. The van der Waals surface area contributed by atoms with Crippen LogP contribution < -0.4 is 11.0 Å². The molecule has 1 atom stereocenters. The second kappa shape index (κ2) is 6.82. The number of carbonyl (C=O) groups excluding carboxylic acids is 1. The minimum Gasteiger partial charge on any atom is -0.343 e. The summed E-state index contributed by atoms with van der Waals surface area (Å²) in [4.78, 5) is 36.4. The summed E-state index contributed by atoms with van der Waals surface area (Å²) in [7, 11) is 0. The van der Waals surface area contributed by atoms with Gasteiger partial charge in [0.2, 0.25) is 11.6 Å². The summed E-state index contributed by atoms with van der Waals surface area (Å²) < 4.78 is 39.0. The van der Waals surface area contributed by atoms with Crippen molar-refractivity contribution in [2.75, 3.05) is 0 Å². The largest absolute Gasteiger partial charge is 0.451 e. The van der Waals surface area contributed by atoms with E-state index >= 15 is 0 Å². The van der Waals surface area contributed by atoms with Crippen LogP contribution in [0, 0.1) is 6.92 Å². The third kappa shape index (κ3) is 3.54. The molecule has 1 amide bonds. The maximum absolute atomic E-state index is 12.7. The van der Waals surface area contributed by atoms with Crippen molar-refractivity contribution in [1.82, 2.24) is 45.2 Å². The average Bonchev–Trinajstić information content (AvgIpc) is 3.37. The molecule has 4 N–H and O–H groups in total. The quantitative estimate of drug-likeness (QED) is 0.391. The number of rotatable bonds is 4. The van der Waals surface area contributed by atoms with Crippen LogP contribution in [0.2, 0.25) is 0 Å². The molecule has 0 radical (unpaired) electrons. The standard InChI is InChI=1S/C16H14F3N9O2/c1-6(8-3-4-9-10(5-8)23-15(30)22-9)20-12(29)11-21-7(2)28(27-11)14-24-13(25-26-14)16(17,18)19/h3-6H,1-2H3,(H,20,29)(H2,22,23,30)(H,24,25,26). The molecular formula is C16H14F3N9O2. The first-order chi connectivity index (χ1) is 14.1. The number of alkyl halides is 3. The Morgan fingerprint density at radius 1 is 1.20 bits per heavy atom. The van der Waals surface area contributed by atoms with Crippen LogP contribution in [0.3, 0.4) is 0 Å². The fourth-order valence-electron chi connectivity index (χ4n) is 2.81. The number of amides is 1. The topological polar surface area (TPSA) is 150 Å². The third-order valence-electron chi connectivity index (χ3n) is 4.29. The van der Waals surface area contributed by atoms with Crippen LogP contribution in [0.5, 0.6) is 0 Å². The molecule has 0 fully saturated rings. The maximum atomic E-state index is 12.7. The summed E-state index contributed by atoms with van der Waals surface area (Å²) in [6, 6.07) is 4.68.